The molecular weight excluding hydrogens is 236 g/mol. The second-order valence-corrected chi connectivity index (χ2v) is 4.11. The van der Waals surface area contributed by atoms with Crippen LogP contribution in [0.4, 0.5) is 0 Å². The number of ketones is 1. The summed E-state index contributed by atoms with van der Waals surface area (Å²) in [5, 5.41) is 37.9. The van der Waals surface area contributed by atoms with Crippen molar-refractivity contribution in [3.63, 3.8) is 0 Å². The van der Waals surface area contributed by atoms with Crippen molar-refractivity contribution >= 4 is 11.5 Å². The maximum absolute atomic E-state index is 11.1. The van der Waals surface area contributed by atoms with E-state index in [1.165, 1.54) is 30.3 Å². The first kappa shape index (κ1) is 12.3. The Morgan fingerprint density at radius 3 is 2.28 bits per heavy atom. The van der Waals surface area contributed by atoms with E-state index in [0.717, 1.165) is 6.08 Å². The molecule has 0 radical (unpaired) electrons. The Morgan fingerprint density at radius 2 is 1.72 bits per heavy atom. The smallest absolute Gasteiger partial charge is 0.232 e. The van der Waals surface area contributed by atoms with E-state index in [9.17, 15) is 20.1 Å². The third-order valence-corrected chi connectivity index (χ3v) is 2.71. The molecule has 0 fully saturated rings. The van der Waals surface area contributed by atoms with Gasteiger partial charge in [-0.15, -0.1) is 0 Å². The number of phenolic OH excluding ortho intramolecular Hbond substituents is 1. The van der Waals surface area contributed by atoms with Gasteiger partial charge in [0.25, 0.3) is 0 Å². The number of allylic oxidation sites excluding steroid dienone is 1. The van der Waals surface area contributed by atoms with Gasteiger partial charge in [0.05, 0.1) is 0 Å². The first-order chi connectivity index (χ1) is 8.40. The molecule has 1 aliphatic carbocycles. The van der Waals surface area contributed by atoms with Crippen molar-refractivity contribution in [1.82, 2.24) is 0 Å². The second-order valence-electron chi connectivity index (χ2n) is 4.11. The van der Waals surface area contributed by atoms with E-state index in [2.05, 4.69) is 0 Å². The highest BCUT2D eigenvalue weighted by Crippen LogP contribution is 2.28. The highest BCUT2D eigenvalue weighted by molar-refractivity contribution is 5.98. The predicted molar refractivity (Wildman–Crippen MR) is 63.6 cm³/mol. The highest BCUT2D eigenvalue weighted by atomic mass is 16.5. The van der Waals surface area contributed by atoms with Crippen molar-refractivity contribution in [2.45, 2.75) is 12.2 Å². The van der Waals surface area contributed by atoms with Crippen molar-refractivity contribution in [2.24, 2.45) is 0 Å². The molecule has 0 amide bonds. The Morgan fingerprint density at radius 1 is 1.11 bits per heavy atom. The summed E-state index contributed by atoms with van der Waals surface area (Å²) in [5.41, 5.74) is 0.655. The van der Waals surface area contributed by atoms with Crippen LogP contribution in [0.3, 0.4) is 0 Å². The molecule has 1 aromatic rings. The zero-order valence-electron chi connectivity index (χ0n) is 9.37. The average molecular weight is 248 g/mol. The number of aromatic hydroxyl groups is 1. The standard InChI is InChI=1S/C13H12O5/c14-10-4-1-8(2-5-10)12(16)9-3-6-11(15)13(17,18)7-9/h1-6,14,16-18H,7H2. The first-order valence-corrected chi connectivity index (χ1v) is 5.29. The van der Waals surface area contributed by atoms with Gasteiger partial charge in [-0.2, -0.15) is 0 Å². The molecule has 0 heterocycles. The van der Waals surface area contributed by atoms with Crippen LogP contribution < -0.4 is 0 Å². The monoisotopic (exact) mass is 248 g/mol. The highest BCUT2D eigenvalue weighted by Gasteiger charge is 2.35. The van der Waals surface area contributed by atoms with E-state index in [-0.39, 0.29) is 23.5 Å². The predicted octanol–water partition coefficient (Wildman–Crippen LogP) is 0.871. The van der Waals surface area contributed by atoms with Gasteiger partial charge in [0.15, 0.2) is 0 Å². The number of carbonyl (C=O) groups is 1. The molecule has 0 bridgehead atoms. The molecule has 0 unspecified atom stereocenters. The quantitative estimate of drug-likeness (QED) is 0.436. The fourth-order valence-electron chi connectivity index (χ4n) is 1.69. The van der Waals surface area contributed by atoms with Crippen LogP contribution in [0.5, 0.6) is 5.75 Å². The number of carbonyl (C=O) groups excluding carboxylic acids is 1. The van der Waals surface area contributed by atoms with Crippen LogP contribution in [-0.2, 0) is 4.79 Å². The third kappa shape index (κ3) is 2.27. The SMILES string of the molecule is O=C1C=CC(=C(O)c2ccc(O)cc2)CC1(O)O. The Kier molecular flexibility index (Phi) is 2.94. The molecule has 0 aromatic heterocycles. The molecular formula is C13H12O5. The zero-order valence-corrected chi connectivity index (χ0v) is 9.37. The van der Waals surface area contributed by atoms with Crippen molar-refractivity contribution in [1.29, 1.82) is 0 Å². The minimum Gasteiger partial charge on any atom is -0.508 e. The molecule has 5 nitrogen and oxygen atoms in total. The lowest BCUT2D eigenvalue weighted by Gasteiger charge is -2.23. The summed E-state index contributed by atoms with van der Waals surface area (Å²) in [6, 6.07) is 5.76. The van der Waals surface area contributed by atoms with Gasteiger partial charge in [0, 0.05) is 17.6 Å². The van der Waals surface area contributed by atoms with E-state index < -0.39 is 11.6 Å². The van der Waals surface area contributed by atoms with Crippen molar-refractivity contribution in [3.8, 4) is 5.75 Å². The molecule has 5 heteroatoms. The summed E-state index contributed by atoms with van der Waals surface area (Å²) in [6.07, 6.45) is 1.97. The number of rotatable bonds is 1. The summed E-state index contributed by atoms with van der Waals surface area (Å²) in [6.45, 7) is 0. The van der Waals surface area contributed by atoms with Gasteiger partial charge in [0.2, 0.25) is 11.6 Å². The van der Waals surface area contributed by atoms with E-state index >= 15 is 0 Å². The summed E-state index contributed by atoms with van der Waals surface area (Å²) in [5.74, 6) is -3.39. The number of hydrogen-bond donors (Lipinski definition) is 4. The zero-order chi connectivity index (χ0) is 13.3. The molecule has 0 spiro atoms. The van der Waals surface area contributed by atoms with Gasteiger partial charge < -0.3 is 20.4 Å². The van der Waals surface area contributed by atoms with Gasteiger partial charge in [-0.25, -0.2) is 0 Å². The van der Waals surface area contributed by atoms with Gasteiger partial charge >= 0.3 is 0 Å². The van der Waals surface area contributed by atoms with Crippen LogP contribution in [-0.4, -0.2) is 32.0 Å². The average Bonchev–Trinajstić information content (AvgIpc) is 2.33. The van der Waals surface area contributed by atoms with Crippen molar-refractivity contribution in [3.05, 3.63) is 47.6 Å². The van der Waals surface area contributed by atoms with Crippen molar-refractivity contribution in [2.75, 3.05) is 0 Å². The van der Waals surface area contributed by atoms with E-state index in [0.29, 0.717) is 5.56 Å². The largest absolute Gasteiger partial charge is 0.508 e. The molecule has 0 aliphatic heterocycles. The van der Waals surface area contributed by atoms with Crippen molar-refractivity contribution < 1.29 is 25.2 Å². The van der Waals surface area contributed by atoms with Crippen LogP contribution in [0.15, 0.2) is 42.0 Å². The molecule has 0 saturated heterocycles. The summed E-state index contributed by atoms with van der Waals surface area (Å²) < 4.78 is 0. The van der Waals surface area contributed by atoms with Gasteiger partial charge in [0.1, 0.15) is 11.5 Å². The maximum Gasteiger partial charge on any atom is 0.232 e. The fourth-order valence-corrected chi connectivity index (χ4v) is 1.69. The minimum atomic E-state index is -2.48. The Labute approximate surface area is 103 Å². The van der Waals surface area contributed by atoms with Crippen LogP contribution in [0, 0.1) is 0 Å². The first-order valence-electron chi connectivity index (χ1n) is 5.29. The van der Waals surface area contributed by atoms with E-state index in [1.807, 2.05) is 0 Å². The molecule has 4 N–H and O–H groups in total. The number of aliphatic hydroxyl groups is 3. The van der Waals surface area contributed by atoms with Gasteiger partial charge in [-0.3, -0.25) is 4.79 Å². The number of aliphatic hydroxyl groups excluding tert-OH is 1. The van der Waals surface area contributed by atoms with Crippen LogP contribution in [0.2, 0.25) is 0 Å². The molecule has 18 heavy (non-hydrogen) atoms. The van der Waals surface area contributed by atoms with Crippen LogP contribution in [0.25, 0.3) is 5.76 Å². The molecule has 0 saturated carbocycles. The number of benzene rings is 1. The van der Waals surface area contributed by atoms with E-state index in [4.69, 9.17) is 5.11 Å². The summed E-state index contributed by atoms with van der Waals surface area (Å²) in [7, 11) is 0. The molecule has 2 rings (SSSR count). The Hall–Kier alpha value is -2.11. The molecule has 1 aromatic carbocycles. The molecule has 94 valence electrons. The molecule has 0 atom stereocenters. The van der Waals surface area contributed by atoms with Gasteiger partial charge in [-0.1, -0.05) is 6.08 Å². The third-order valence-electron chi connectivity index (χ3n) is 2.71. The lowest BCUT2D eigenvalue weighted by atomic mass is 9.92. The summed E-state index contributed by atoms with van der Waals surface area (Å²) in [4.78, 5) is 11.1. The second kappa shape index (κ2) is 4.29. The number of phenols is 1. The lowest BCUT2D eigenvalue weighted by Crippen LogP contribution is -2.39. The minimum absolute atomic E-state index is 0.0598. The molecule has 1 aliphatic rings. The maximum atomic E-state index is 11.1. The lowest BCUT2D eigenvalue weighted by molar-refractivity contribution is -0.177. The summed E-state index contributed by atoms with van der Waals surface area (Å²) >= 11 is 0. The Bertz CT molecular complexity index is 537. The van der Waals surface area contributed by atoms with E-state index in [1.54, 1.807) is 0 Å². The normalized spacial score (nSPS) is 20.9. The van der Waals surface area contributed by atoms with Crippen LogP contribution in [0.1, 0.15) is 12.0 Å². The number of hydrogen-bond acceptors (Lipinski definition) is 5. The Balaban J connectivity index is 2.40. The topological polar surface area (TPSA) is 98.0 Å². The van der Waals surface area contributed by atoms with Gasteiger partial charge in [-0.05, 0) is 30.3 Å². The van der Waals surface area contributed by atoms with Crippen LogP contribution >= 0.6 is 0 Å². The fraction of sp³-hybridized carbons (Fsp3) is 0.154.